The summed E-state index contributed by atoms with van der Waals surface area (Å²) in [6, 6.07) is 6.53. The predicted molar refractivity (Wildman–Crippen MR) is 97.4 cm³/mol. The minimum atomic E-state index is -0.974. The summed E-state index contributed by atoms with van der Waals surface area (Å²) in [6.45, 7) is 5.64. The van der Waals surface area contributed by atoms with Crippen molar-refractivity contribution >= 4 is 11.9 Å². The maximum absolute atomic E-state index is 12.6. The van der Waals surface area contributed by atoms with Gasteiger partial charge in [0.05, 0.1) is 17.7 Å². The first-order valence-electron chi connectivity index (χ1n) is 9.04. The number of carbonyl (C=O) groups is 2. The molecule has 1 N–H and O–H groups in total. The van der Waals surface area contributed by atoms with Gasteiger partial charge in [0, 0.05) is 6.04 Å². The van der Waals surface area contributed by atoms with Gasteiger partial charge < -0.3 is 19.3 Å². The zero-order valence-electron chi connectivity index (χ0n) is 15.8. The van der Waals surface area contributed by atoms with Gasteiger partial charge in [0.2, 0.25) is 5.91 Å². The van der Waals surface area contributed by atoms with Crippen LogP contribution in [0, 0.1) is 13.8 Å². The summed E-state index contributed by atoms with van der Waals surface area (Å²) in [7, 11) is 0. The minimum Gasteiger partial charge on any atom is -0.489 e. The second kappa shape index (κ2) is 7.82. The van der Waals surface area contributed by atoms with E-state index in [4.69, 9.17) is 9.26 Å². The first-order valence-corrected chi connectivity index (χ1v) is 9.04. The molecule has 1 aromatic heterocycles. The van der Waals surface area contributed by atoms with Gasteiger partial charge in [0.15, 0.2) is 0 Å². The van der Waals surface area contributed by atoms with Crippen LogP contribution in [0.3, 0.4) is 0 Å². The largest absolute Gasteiger partial charge is 0.489 e. The highest BCUT2D eigenvalue weighted by atomic mass is 16.5. The fourth-order valence-corrected chi connectivity index (χ4v) is 3.04. The summed E-state index contributed by atoms with van der Waals surface area (Å²) in [4.78, 5) is 25.4. The molecule has 1 atom stereocenters. The van der Waals surface area contributed by atoms with Crippen molar-refractivity contribution in [1.29, 1.82) is 0 Å². The van der Waals surface area contributed by atoms with Crippen molar-refractivity contribution in [3.8, 4) is 5.75 Å². The molecule has 0 saturated heterocycles. The highest BCUT2D eigenvalue weighted by Crippen LogP contribution is 2.29. The van der Waals surface area contributed by atoms with Gasteiger partial charge in [-0.05, 0) is 51.3 Å². The van der Waals surface area contributed by atoms with Gasteiger partial charge in [-0.3, -0.25) is 4.79 Å². The Bertz CT molecular complexity index is 804. The van der Waals surface area contributed by atoms with Crippen LogP contribution in [0.1, 0.15) is 42.3 Å². The van der Waals surface area contributed by atoms with Crippen molar-refractivity contribution in [3.63, 3.8) is 0 Å². The topological polar surface area (TPSA) is 92.9 Å². The number of rotatable bonds is 8. The zero-order valence-corrected chi connectivity index (χ0v) is 15.8. The van der Waals surface area contributed by atoms with Crippen LogP contribution < -0.4 is 4.74 Å². The number of carbonyl (C=O) groups excluding carboxylic acids is 1. The first kappa shape index (κ1) is 18.9. The van der Waals surface area contributed by atoms with Gasteiger partial charge in [-0.2, -0.15) is 0 Å². The maximum Gasteiger partial charge on any atom is 0.326 e. The standard InChI is InChI=1S/C20H24N2O5/c1-12-18(14(3)27-21-12)11-26-17-8-4-15(5-9-17)10-19(23)22(16-6-7-16)13(2)20(24)25/h4-5,8-9,13,16H,6-7,10-11H2,1-3H3,(H,24,25). The minimum absolute atomic E-state index is 0.0567. The van der Waals surface area contributed by atoms with E-state index in [9.17, 15) is 14.7 Å². The number of benzene rings is 1. The number of aliphatic carboxylic acids is 1. The van der Waals surface area contributed by atoms with E-state index in [0.29, 0.717) is 12.4 Å². The third kappa shape index (κ3) is 4.48. The Morgan fingerprint density at radius 2 is 1.96 bits per heavy atom. The lowest BCUT2D eigenvalue weighted by molar-refractivity contribution is -0.149. The molecular weight excluding hydrogens is 348 g/mol. The molecule has 1 saturated carbocycles. The summed E-state index contributed by atoms with van der Waals surface area (Å²) in [5.41, 5.74) is 2.56. The highest BCUT2D eigenvalue weighted by molar-refractivity contribution is 5.85. The molecule has 1 aliphatic carbocycles. The monoisotopic (exact) mass is 372 g/mol. The molecule has 1 heterocycles. The van der Waals surface area contributed by atoms with E-state index in [-0.39, 0.29) is 18.4 Å². The molecule has 144 valence electrons. The quantitative estimate of drug-likeness (QED) is 0.766. The number of amides is 1. The summed E-state index contributed by atoms with van der Waals surface area (Å²) < 4.78 is 10.9. The number of hydrogen-bond acceptors (Lipinski definition) is 5. The molecule has 1 unspecified atom stereocenters. The Kier molecular flexibility index (Phi) is 5.48. The highest BCUT2D eigenvalue weighted by Gasteiger charge is 2.38. The number of hydrogen-bond donors (Lipinski definition) is 1. The molecule has 3 rings (SSSR count). The van der Waals surface area contributed by atoms with Gasteiger partial charge in [-0.15, -0.1) is 0 Å². The summed E-state index contributed by atoms with van der Waals surface area (Å²) in [5, 5.41) is 13.1. The Labute approximate surface area is 157 Å². The van der Waals surface area contributed by atoms with Crippen LogP contribution in [0.2, 0.25) is 0 Å². The van der Waals surface area contributed by atoms with E-state index in [1.54, 1.807) is 6.92 Å². The van der Waals surface area contributed by atoms with Crippen LogP contribution in [0.5, 0.6) is 5.75 Å². The van der Waals surface area contributed by atoms with Crippen molar-refractivity contribution in [2.24, 2.45) is 0 Å². The molecule has 1 fully saturated rings. The van der Waals surface area contributed by atoms with Gasteiger partial charge in [0.25, 0.3) is 0 Å². The van der Waals surface area contributed by atoms with Crippen LogP contribution in [0.25, 0.3) is 0 Å². The Balaban J connectivity index is 1.60. The molecule has 27 heavy (non-hydrogen) atoms. The smallest absolute Gasteiger partial charge is 0.326 e. The Morgan fingerprint density at radius 1 is 1.30 bits per heavy atom. The van der Waals surface area contributed by atoms with E-state index in [1.807, 2.05) is 38.1 Å². The third-order valence-corrected chi connectivity index (χ3v) is 4.85. The van der Waals surface area contributed by atoms with Crippen LogP contribution in [0.15, 0.2) is 28.8 Å². The lowest BCUT2D eigenvalue weighted by Crippen LogP contribution is -2.45. The molecule has 1 amide bonds. The van der Waals surface area contributed by atoms with Crippen LogP contribution >= 0.6 is 0 Å². The van der Waals surface area contributed by atoms with Crippen molar-refractivity contribution in [2.45, 2.75) is 58.7 Å². The molecular formula is C20H24N2O5. The van der Waals surface area contributed by atoms with Crippen molar-refractivity contribution in [1.82, 2.24) is 10.1 Å². The summed E-state index contributed by atoms with van der Waals surface area (Å²) in [5.74, 6) is 0.293. The molecule has 2 aromatic rings. The molecule has 0 bridgehead atoms. The number of nitrogens with zero attached hydrogens (tertiary/aromatic N) is 2. The zero-order chi connectivity index (χ0) is 19.6. The lowest BCUT2D eigenvalue weighted by atomic mass is 10.1. The molecule has 0 aliphatic heterocycles. The van der Waals surface area contributed by atoms with Crippen LogP contribution in [0.4, 0.5) is 0 Å². The van der Waals surface area contributed by atoms with E-state index < -0.39 is 12.0 Å². The SMILES string of the molecule is Cc1noc(C)c1COc1ccc(CC(=O)N(C2CC2)C(C)C(=O)O)cc1. The normalized spacial score (nSPS) is 14.6. The Hall–Kier alpha value is -2.83. The van der Waals surface area contributed by atoms with Crippen molar-refractivity contribution < 1.29 is 24.0 Å². The van der Waals surface area contributed by atoms with Gasteiger partial charge in [0.1, 0.15) is 24.2 Å². The number of aryl methyl sites for hydroxylation is 2. The van der Waals surface area contributed by atoms with Gasteiger partial charge >= 0.3 is 5.97 Å². The average molecular weight is 372 g/mol. The van der Waals surface area contributed by atoms with Gasteiger partial charge in [-0.25, -0.2) is 4.79 Å². The van der Waals surface area contributed by atoms with Crippen molar-refractivity contribution in [2.75, 3.05) is 0 Å². The Morgan fingerprint density at radius 3 is 2.48 bits per heavy atom. The van der Waals surface area contributed by atoms with Crippen molar-refractivity contribution in [3.05, 3.63) is 46.8 Å². The molecule has 0 radical (unpaired) electrons. The number of ether oxygens (including phenoxy) is 1. The molecule has 1 aromatic carbocycles. The third-order valence-electron chi connectivity index (χ3n) is 4.85. The molecule has 0 spiro atoms. The maximum atomic E-state index is 12.6. The second-order valence-corrected chi connectivity index (χ2v) is 6.96. The first-order chi connectivity index (χ1) is 12.9. The molecule has 1 aliphatic rings. The predicted octanol–water partition coefficient (Wildman–Crippen LogP) is 2.88. The summed E-state index contributed by atoms with van der Waals surface area (Å²) in [6.07, 6.45) is 1.92. The van der Waals surface area contributed by atoms with E-state index >= 15 is 0 Å². The van der Waals surface area contributed by atoms with E-state index in [0.717, 1.165) is 35.4 Å². The van der Waals surface area contributed by atoms with Crippen LogP contribution in [-0.2, 0) is 22.6 Å². The number of carboxylic acid groups (broad SMARTS) is 1. The number of carboxylic acids is 1. The van der Waals surface area contributed by atoms with Crippen LogP contribution in [-0.4, -0.2) is 39.1 Å². The molecule has 7 heteroatoms. The average Bonchev–Trinajstić information content (AvgIpc) is 3.41. The fourth-order valence-electron chi connectivity index (χ4n) is 3.04. The second-order valence-electron chi connectivity index (χ2n) is 6.96. The number of aromatic nitrogens is 1. The fraction of sp³-hybridized carbons (Fsp3) is 0.450. The molecule has 7 nitrogen and oxygen atoms in total. The van der Waals surface area contributed by atoms with E-state index in [1.165, 1.54) is 4.90 Å². The lowest BCUT2D eigenvalue weighted by Gasteiger charge is -2.26. The summed E-state index contributed by atoms with van der Waals surface area (Å²) >= 11 is 0. The van der Waals surface area contributed by atoms with Gasteiger partial charge in [-0.1, -0.05) is 17.3 Å². The van der Waals surface area contributed by atoms with E-state index in [2.05, 4.69) is 5.16 Å².